The van der Waals surface area contributed by atoms with Gasteiger partial charge in [0.1, 0.15) is 0 Å². The fraction of sp³-hybridized carbons (Fsp3) is 0.238. The summed E-state index contributed by atoms with van der Waals surface area (Å²) in [5, 5.41) is 9.54. The molecule has 3 amide bonds. The largest absolute Gasteiger partial charge is 0.326 e. The smallest absolute Gasteiger partial charge is 0.276 e. The van der Waals surface area contributed by atoms with Crippen molar-refractivity contribution in [1.29, 1.82) is 0 Å². The van der Waals surface area contributed by atoms with Gasteiger partial charge < -0.3 is 10.6 Å². The maximum Gasteiger partial charge on any atom is 0.276 e. The van der Waals surface area contributed by atoms with E-state index in [1.807, 2.05) is 12.1 Å². The van der Waals surface area contributed by atoms with Crippen LogP contribution in [0.2, 0.25) is 0 Å². The second-order valence-corrected chi connectivity index (χ2v) is 7.87. The van der Waals surface area contributed by atoms with Crippen molar-refractivity contribution in [1.82, 2.24) is 5.43 Å². The topological polar surface area (TPSA) is 99.7 Å². The molecule has 3 rings (SSSR count). The first-order valence-corrected chi connectivity index (χ1v) is 10.4. The van der Waals surface area contributed by atoms with Gasteiger partial charge >= 0.3 is 0 Å². The standard InChI is InChI=1S/C21H21IN4O3/c1-2-3-4-5-18(27)23-15-9-6-13(7-10-15)20(28)26-25-19-16-12-14(22)8-11-17(16)24-21(19)29/h6-12H,2-5H2,1H3,(H,23,27)(H,26,28)(H,24,25,29). The summed E-state index contributed by atoms with van der Waals surface area (Å²) in [4.78, 5) is 36.3. The normalized spacial score (nSPS) is 13.7. The number of rotatable bonds is 7. The highest BCUT2D eigenvalue weighted by Gasteiger charge is 2.26. The lowest BCUT2D eigenvalue weighted by molar-refractivity contribution is -0.116. The lowest BCUT2D eigenvalue weighted by Crippen LogP contribution is -2.23. The van der Waals surface area contributed by atoms with Crippen molar-refractivity contribution in [3.8, 4) is 0 Å². The van der Waals surface area contributed by atoms with E-state index in [4.69, 9.17) is 0 Å². The lowest BCUT2D eigenvalue weighted by atomic mass is 10.1. The molecule has 0 atom stereocenters. The van der Waals surface area contributed by atoms with Gasteiger partial charge in [0.15, 0.2) is 5.71 Å². The summed E-state index contributed by atoms with van der Waals surface area (Å²) in [6.45, 7) is 2.09. The number of carbonyl (C=O) groups excluding carboxylic acids is 3. The predicted octanol–water partition coefficient (Wildman–Crippen LogP) is 3.90. The third-order valence-corrected chi connectivity index (χ3v) is 5.08. The summed E-state index contributed by atoms with van der Waals surface area (Å²) in [7, 11) is 0. The van der Waals surface area contributed by atoms with E-state index in [0.29, 0.717) is 28.9 Å². The van der Waals surface area contributed by atoms with Crippen molar-refractivity contribution in [2.24, 2.45) is 5.10 Å². The van der Waals surface area contributed by atoms with Gasteiger partial charge in [-0.1, -0.05) is 19.8 Å². The third kappa shape index (κ3) is 5.41. The maximum absolute atomic E-state index is 12.4. The van der Waals surface area contributed by atoms with Gasteiger partial charge in [-0.25, -0.2) is 5.43 Å². The number of hydrazone groups is 1. The number of hydrogen-bond donors (Lipinski definition) is 3. The molecular formula is C21H21IN4O3. The van der Waals surface area contributed by atoms with Crippen LogP contribution >= 0.6 is 22.6 Å². The van der Waals surface area contributed by atoms with E-state index in [9.17, 15) is 14.4 Å². The molecule has 0 saturated heterocycles. The van der Waals surface area contributed by atoms with Crippen LogP contribution in [-0.2, 0) is 9.59 Å². The molecular weight excluding hydrogens is 483 g/mol. The molecule has 7 nitrogen and oxygen atoms in total. The minimum Gasteiger partial charge on any atom is -0.326 e. The molecule has 0 unspecified atom stereocenters. The van der Waals surface area contributed by atoms with Gasteiger partial charge in [-0.15, -0.1) is 0 Å². The van der Waals surface area contributed by atoms with Crippen molar-refractivity contribution in [3.05, 3.63) is 57.2 Å². The number of hydrogen-bond acceptors (Lipinski definition) is 4. The van der Waals surface area contributed by atoms with Crippen molar-refractivity contribution in [2.45, 2.75) is 32.6 Å². The van der Waals surface area contributed by atoms with Crippen molar-refractivity contribution in [2.75, 3.05) is 10.6 Å². The molecule has 0 aromatic heterocycles. The van der Waals surface area contributed by atoms with Gasteiger partial charge in [0.05, 0.1) is 5.69 Å². The zero-order valence-electron chi connectivity index (χ0n) is 15.9. The highest BCUT2D eigenvalue weighted by Crippen LogP contribution is 2.25. The number of amides is 3. The first kappa shape index (κ1) is 21.0. The zero-order valence-corrected chi connectivity index (χ0v) is 18.1. The highest BCUT2D eigenvalue weighted by molar-refractivity contribution is 14.1. The monoisotopic (exact) mass is 504 g/mol. The Labute approximate surface area is 182 Å². The maximum atomic E-state index is 12.4. The van der Waals surface area contributed by atoms with Crippen LogP contribution in [0.4, 0.5) is 11.4 Å². The molecule has 0 bridgehead atoms. The fourth-order valence-corrected chi connectivity index (χ4v) is 3.36. The molecule has 2 aromatic carbocycles. The number of fused-ring (bicyclic) bond motifs is 1. The summed E-state index contributed by atoms with van der Waals surface area (Å²) in [6, 6.07) is 12.0. The Morgan fingerprint density at radius 2 is 1.86 bits per heavy atom. The number of carbonyl (C=O) groups is 3. The van der Waals surface area contributed by atoms with E-state index < -0.39 is 5.91 Å². The number of halogens is 1. The van der Waals surface area contributed by atoms with Crippen LogP contribution in [0.3, 0.4) is 0 Å². The molecule has 0 radical (unpaired) electrons. The fourth-order valence-electron chi connectivity index (χ4n) is 2.87. The van der Waals surface area contributed by atoms with Crippen LogP contribution in [0.1, 0.15) is 48.5 Å². The molecule has 1 aliphatic rings. The number of unbranched alkanes of at least 4 members (excludes halogenated alkanes) is 2. The molecule has 1 heterocycles. The summed E-state index contributed by atoms with van der Waals surface area (Å²) in [6.07, 6.45) is 3.43. The van der Waals surface area contributed by atoms with Gasteiger partial charge in [0.25, 0.3) is 11.8 Å². The molecule has 0 aliphatic carbocycles. The number of nitrogens with zero attached hydrogens (tertiary/aromatic N) is 1. The minimum atomic E-state index is -0.440. The van der Waals surface area contributed by atoms with Gasteiger partial charge in [0.2, 0.25) is 5.91 Å². The van der Waals surface area contributed by atoms with Crippen molar-refractivity contribution in [3.63, 3.8) is 0 Å². The molecule has 2 aromatic rings. The number of nitrogens with one attached hydrogen (secondary N) is 3. The van der Waals surface area contributed by atoms with Crippen LogP contribution in [-0.4, -0.2) is 23.4 Å². The van der Waals surface area contributed by atoms with Crippen LogP contribution in [0.5, 0.6) is 0 Å². The third-order valence-electron chi connectivity index (χ3n) is 4.41. The van der Waals surface area contributed by atoms with Crippen LogP contribution in [0.15, 0.2) is 47.6 Å². The first-order chi connectivity index (χ1) is 14.0. The van der Waals surface area contributed by atoms with E-state index in [1.54, 1.807) is 30.3 Å². The summed E-state index contributed by atoms with van der Waals surface area (Å²) < 4.78 is 0.962. The zero-order chi connectivity index (χ0) is 20.8. The van der Waals surface area contributed by atoms with E-state index >= 15 is 0 Å². The Morgan fingerprint density at radius 1 is 1.10 bits per heavy atom. The Kier molecular flexibility index (Phi) is 6.97. The van der Waals surface area contributed by atoms with E-state index in [-0.39, 0.29) is 17.5 Å². The van der Waals surface area contributed by atoms with Crippen molar-refractivity contribution >= 4 is 57.4 Å². The molecule has 1 aliphatic heterocycles. The van der Waals surface area contributed by atoms with E-state index in [2.05, 4.69) is 50.7 Å². The van der Waals surface area contributed by atoms with Gasteiger partial charge in [-0.05, 0) is 71.5 Å². The second kappa shape index (κ2) is 9.64. The quantitative estimate of drug-likeness (QED) is 0.303. The molecule has 150 valence electrons. The van der Waals surface area contributed by atoms with Crippen molar-refractivity contribution < 1.29 is 14.4 Å². The number of benzene rings is 2. The molecule has 29 heavy (non-hydrogen) atoms. The molecule has 0 saturated carbocycles. The minimum absolute atomic E-state index is 0.0393. The van der Waals surface area contributed by atoms with Crippen LogP contribution in [0.25, 0.3) is 0 Å². The SMILES string of the molecule is CCCCCC(=O)Nc1ccc(C(=O)N/N=C2\C(=O)Nc3ccc(I)cc32)cc1. The Balaban J connectivity index is 1.62. The first-order valence-electron chi connectivity index (χ1n) is 9.37. The molecule has 0 fully saturated rings. The Hall–Kier alpha value is -2.75. The average molecular weight is 504 g/mol. The Morgan fingerprint density at radius 3 is 2.59 bits per heavy atom. The summed E-state index contributed by atoms with van der Waals surface area (Å²) in [5.41, 5.74) is 4.93. The van der Waals surface area contributed by atoms with E-state index in [0.717, 1.165) is 22.8 Å². The second-order valence-electron chi connectivity index (χ2n) is 6.63. The number of anilines is 2. The van der Waals surface area contributed by atoms with Gasteiger partial charge in [-0.2, -0.15) is 5.10 Å². The summed E-state index contributed by atoms with van der Waals surface area (Å²) in [5.74, 6) is -0.837. The van der Waals surface area contributed by atoms with Gasteiger partial charge in [-0.3, -0.25) is 14.4 Å². The lowest BCUT2D eigenvalue weighted by Gasteiger charge is -2.06. The molecule has 8 heteroatoms. The average Bonchev–Trinajstić information content (AvgIpc) is 3.01. The highest BCUT2D eigenvalue weighted by atomic mass is 127. The predicted molar refractivity (Wildman–Crippen MR) is 121 cm³/mol. The van der Waals surface area contributed by atoms with Crippen LogP contribution in [0, 0.1) is 3.57 Å². The summed E-state index contributed by atoms with van der Waals surface area (Å²) >= 11 is 2.15. The Bertz CT molecular complexity index is 970. The molecule has 3 N–H and O–H groups in total. The molecule has 0 spiro atoms. The van der Waals surface area contributed by atoms with Crippen LogP contribution < -0.4 is 16.1 Å². The van der Waals surface area contributed by atoms with E-state index in [1.165, 1.54) is 0 Å². The van der Waals surface area contributed by atoms with Gasteiger partial charge in [0, 0.05) is 26.8 Å².